The first-order valence-electron chi connectivity index (χ1n) is 4.45. The van der Waals surface area contributed by atoms with Crippen molar-refractivity contribution < 1.29 is 39.0 Å². The van der Waals surface area contributed by atoms with Gasteiger partial charge in [0, 0.05) is 53.1 Å². The molecule has 0 radical (unpaired) electrons. The molecule has 2 rings (SSSR count). The number of thiazole rings is 1. The fraction of sp³-hybridized carbons (Fsp3) is 0.200. The third-order valence-electron chi connectivity index (χ3n) is 1.67. The summed E-state index contributed by atoms with van der Waals surface area (Å²) in [4.78, 5) is 5.96. The molecule has 8 heteroatoms. The summed E-state index contributed by atoms with van der Waals surface area (Å²) in [7, 11) is 3.71. The summed E-state index contributed by atoms with van der Waals surface area (Å²) in [6.07, 6.45) is 0. The number of benzene rings is 1. The zero-order valence-corrected chi connectivity index (χ0v) is 19.7. The number of hydrogen-bond donors (Lipinski definition) is 2. The first-order chi connectivity index (χ1) is 7.50. The Morgan fingerprint density at radius 2 is 1.78 bits per heavy atom. The Morgan fingerprint density at radius 1 is 1.28 bits per heavy atom. The maximum absolute atomic E-state index is 4.61. The molecule has 1 aromatic carbocycles. The van der Waals surface area contributed by atoms with Crippen LogP contribution >= 0.6 is 48.8 Å². The molecule has 0 saturated carbocycles. The Bertz CT molecular complexity index is 454. The van der Waals surface area contributed by atoms with Gasteiger partial charge in [-0.3, -0.25) is 0 Å². The van der Waals surface area contributed by atoms with Crippen LogP contribution in [0.5, 0.6) is 0 Å². The number of aromatic nitrogens is 1. The summed E-state index contributed by atoms with van der Waals surface area (Å²) in [5.41, 5.74) is 1.04. The number of nitrogens with zero attached hydrogens (tertiary/aromatic N) is 2. The van der Waals surface area contributed by atoms with Crippen LogP contribution in [0.25, 0.3) is 10.2 Å². The Balaban J connectivity index is 0. The molecule has 0 aliphatic rings. The van der Waals surface area contributed by atoms with Crippen LogP contribution in [0.4, 0.5) is 0 Å². The summed E-state index contributed by atoms with van der Waals surface area (Å²) in [5, 5.41) is 0. The molecule has 0 aliphatic heterocycles. The van der Waals surface area contributed by atoms with E-state index >= 15 is 0 Å². The van der Waals surface area contributed by atoms with Crippen molar-refractivity contribution in [3.8, 4) is 0 Å². The molecule has 2 nitrogen and oxygen atoms in total. The second kappa shape index (κ2) is 10.7. The topological polar surface area (TPSA) is 16.1 Å². The minimum absolute atomic E-state index is 0. The van der Waals surface area contributed by atoms with E-state index in [2.05, 4.69) is 42.5 Å². The van der Waals surface area contributed by atoms with E-state index < -0.39 is 0 Å². The third-order valence-corrected chi connectivity index (χ3v) is 3.64. The molecule has 0 N–H and O–H groups in total. The molecular formula is C10H12N2S4Zn2. The van der Waals surface area contributed by atoms with Crippen molar-refractivity contribution in [1.29, 1.82) is 0 Å². The fourth-order valence-corrected chi connectivity index (χ4v) is 1.97. The summed E-state index contributed by atoms with van der Waals surface area (Å²) in [6.45, 7) is 0. The van der Waals surface area contributed by atoms with Gasteiger partial charge in [-0.2, -0.15) is 0 Å². The van der Waals surface area contributed by atoms with Crippen LogP contribution in [-0.4, -0.2) is 28.3 Å². The second-order valence-electron chi connectivity index (χ2n) is 3.14. The molecule has 1 heterocycles. The van der Waals surface area contributed by atoms with E-state index in [4.69, 9.17) is 0 Å². The number of para-hydroxylation sites is 1. The maximum atomic E-state index is 4.61. The Hall–Kier alpha value is 0.947. The molecule has 0 unspecified atom stereocenters. The predicted molar refractivity (Wildman–Crippen MR) is 82.1 cm³/mol. The van der Waals surface area contributed by atoms with Gasteiger partial charge in [0.15, 0.2) is 0 Å². The van der Waals surface area contributed by atoms with Gasteiger partial charge in [0.2, 0.25) is 0 Å². The smallest absolute Gasteiger partial charge is 0.148 e. The largest absolute Gasteiger partial charge is 0.364 e. The molecule has 90 valence electrons. The monoisotopic (exact) mass is 416 g/mol. The van der Waals surface area contributed by atoms with Crippen LogP contribution in [-0.2, 0) is 39.0 Å². The minimum atomic E-state index is 0. The van der Waals surface area contributed by atoms with E-state index in [0.29, 0.717) is 4.32 Å². The van der Waals surface area contributed by atoms with Gasteiger partial charge in [-0.1, -0.05) is 24.4 Å². The first-order valence-corrected chi connectivity index (χ1v) is 6.57. The van der Waals surface area contributed by atoms with E-state index in [9.17, 15) is 0 Å². The fourth-order valence-electron chi connectivity index (χ4n) is 0.860. The first kappa shape index (κ1) is 21.2. The van der Waals surface area contributed by atoms with Crippen molar-refractivity contribution in [1.82, 2.24) is 9.88 Å². The molecule has 0 atom stereocenters. The van der Waals surface area contributed by atoms with Crippen LogP contribution in [0.3, 0.4) is 0 Å². The zero-order valence-electron chi connectivity index (χ0n) is 10.3. The second-order valence-corrected chi connectivity index (χ2v) is 6.01. The molecule has 0 spiro atoms. The molecule has 0 aliphatic carbocycles. The number of thiocarbonyl (C=S) groups is 1. The number of thiol groups is 2. The third kappa shape index (κ3) is 7.52. The Kier molecular flexibility index (Phi) is 12.6. The van der Waals surface area contributed by atoms with Gasteiger partial charge >= 0.3 is 0 Å². The quantitative estimate of drug-likeness (QED) is 0.388. The average Bonchev–Trinajstić information content (AvgIpc) is 2.58. The summed E-state index contributed by atoms with van der Waals surface area (Å²) in [5.74, 6) is 0. The zero-order chi connectivity index (χ0) is 12.1. The van der Waals surface area contributed by atoms with Crippen LogP contribution in [0.2, 0.25) is 0 Å². The van der Waals surface area contributed by atoms with Crippen molar-refractivity contribution in [2.24, 2.45) is 0 Å². The number of fused-ring (bicyclic) bond motifs is 1. The number of rotatable bonds is 0. The number of hydrogen-bond acceptors (Lipinski definition) is 4. The van der Waals surface area contributed by atoms with Gasteiger partial charge < -0.3 is 4.90 Å². The predicted octanol–water partition coefficient (Wildman–Crippen LogP) is 3.34. The average molecular weight is 419 g/mol. The molecule has 2 aromatic rings. The van der Waals surface area contributed by atoms with Gasteiger partial charge in [0.25, 0.3) is 0 Å². The normalized spacial score (nSPS) is 8.44. The van der Waals surface area contributed by atoms with Crippen molar-refractivity contribution in [3.63, 3.8) is 0 Å². The van der Waals surface area contributed by atoms with Gasteiger partial charge in [-0.05, 0) is 12.1 Å². The summed E-state index contributed by atoms with van der Waals surface area (Å²) in [6, 6.07) is 8.03. The van der Waals surface area contributed by atoms with Crippen molar-refractivity contribution in [2.45, 2.75) is 4.34 Å². The molecule has 0 saturated heterocycles. The van der Waals surface area contributed by atoms with Gasteiger partial charge in [-0.15, -0.1) is 36.6 Å². The molecule has 0 fully saturated rings. The standard InChI is InChI=1S/C7H5NS2.C3H7NS2.2Zn/c9-7-8-5-3-1-2-4-6(5)10-7;1-4(2)3(5)6;;/h1-4H,(H,8,9);1-2H3,(H,5,6);;. The molecule has 0 amide bonds. The van der Waals surface area contributed by atoms with E-state index in [1.165, 1.54) is 4.70 Å². The Labute approximate surface area is 153 Å². The van der Waals surface area contributed by atoms with Crippen LogP contribution in [0.15, 0.2) is 28.6 Å². The van der Waals surface area contributed by atoms with E-state index in [1.54, 1.807) is 16.2 Å². The van der Waals surface area contributed by atoms with Gasteiger partial charge in [0.05, 0.1) is 10.2 Å². The van der Waals surface area contributed by atoms with Gasteiger partial charge in [-0.25, -0.2) is 4.98 Å². The molecule has 1 aromatic heterocycles. The maximum Gasteiger partial charge on any atom is 0.148 e. The molecular weight excluding hydrogens is 407 g/mol. The minimum Gasteiger partial charge on any atom is -0.364 e. The van der Waals surface area contributed by atoms with Crippen LogP contribution < -0.4 is 0 Å². The van der Waals surface area contributed by atoms with Crippen molar-refractivity contribution in [2.75, 3.05) is 14.1 Å². The van der Waals surface area contributed by atoms with E-state index in [1.807, 2.05) is 38.4 Å². The van der Waals surface area contributed by atoms with E-state index in [0.717, 1.165) is 9.86 Å². The van der Waals surface area contributed by atoms with Gasteiger partial charge in [0.1, 0.15) is 8.66 Å². The van der Waals surface area contributed by atoms with Crippen LogP contribution in [0.1, 0.15) is 0 Å². The Morgan fingerprint density at radius 3 is 2.22 bits per heavy atom. The van der Waals surface area contributed by atoms with Crippen LogP contribution in [0, 0.1) is 0 Å². The van der Waals surface area contributed by atoms with Crippen molar-refractivity contribution in [3.05, 3.63) is 24.3 Å². The van der Waals surface area contributed by atoms with Crippen molar-refractivity contribution >= 4 is 63.3 Å². The van der Waals surface area contributed by atoms with E-state index in [-0.39, 0.29) is 39.0 Å². The summed E-state index contributed by atoms with van der Waals surface area (Å²) >= 11 is 14.2. The SMILES string of the molecule is CN(C)C(=S)S.Sc1nc2ccccc2s1.[Zn].[Zn]. The molecule has 18 heavy (non-hydrogen) atoms. The molecule has 0 bridgehead atoms. The summed E-state index contributed by atoms with van der Waals surface area (Å²) < 4.78 is 2.66.